The highest BCUT2D eigenvalue weighted by Crippen LogP contribution is 2.18. The fraction of sp³-hybridized carbons (Fsp3) is 0.533. The zero-order valence-electron chi connectivity index (χ0n) is 13.8. The van der Waals surface area contributed by atoms with E-state index < -0.39 is 28.4 Å². The van der Waals surface area contributed by atoms with Crippen molar-refractivity contribution in [1.82, 2.24) is 4.72 Å². The number of ketones is 1. The summed E-state index contributed by atoms with van der Waals surface area (Å²) in [5, 5.41) is 9.12. The largest absolute Gasteiger partial charge is 0.508 e. The van der Waals surface area contributed by atoms with Crippen LogP contribution in [-0.2, 0) is 24.3 Å². The average Bonchev–Trinajstić information content (AvgIpc) is 2.55. The maximum atomic E-state index is 11.9. The van der Waals surface area contributed by atoms with Crippen LogP contribution >= 0.6 is 0 Å². The van der Waals surface area contributed by atoms with Gasteiger partial charge in [0.1, 0.15) is 5.75 Å². The Hall–Kier alpha value is -1.69. The van der Waals surface area contributed by atoms with Gasteiger partial charge >= 0.3 is 6.18 Å². The zero-order valence-corrected chi connectivity index (χ0v) is 14.6. The van der Waals surface area contributed by atoms with Crippen LogP contribution in [0.5, 0.6) is 5.75 Å². The molecule has 0 saturated heterocycles. The van der Waals surface area contributed by atoms with Crippen LogP contribution in [0.25, 0.3) is 0 Å². The number of hydrogen-bond donors (Lipinski definition) is 2. The summed E-state index contributed by atoms with van der Waals surface area (Å²) in [6.07, 6.45) is -5.47. The van der Waals surface area contributed by atoms with E-state index in [1.165, 1.54) is 24.3 Å². The minimum absolute atomic E-state index is 0.00133. The quantitative estimate of drug-likeness (QED) is 0.518. The third-order valence-corrected chi connectivity index (χ3v) is 4.54. The van der Waals surface area contributed by atoms with Crippen molar-refractivity contribution in [3.8, 4) is 5.75 Å². The summed E-state index contributed by atoms with van der Waals surface area (Å²) < 4.78 is 72.1. The summed E-state index contributed by atoms with van der Waals surface area (Å²) in [5.41, 5.74) is 0. The van der Waals surface area contributed by atoms with Crippen molar-refractivity contribution in [3.63, 3.8) is 0 Å². The predicted octanol–water partition coefficient (Wildman–Crippen LogP) is 1.62. The molecule has 0 aromatic heterocycles. The van der Waals surface area contributed by atoms with Crippen molar-refractivity contribution in [3.05, 3.63) is 24.3 Å². The fourth-order valence-electron chi connectivity index (χ4n) is 1.76. The lowest BCUT2D eigenvalue weighted by Gasteiger charge is -2.08. The third-order valence-electron chi connectivity index (χ3n) is 3.07. The monoisotopic (exact) mass is 399 g/mol. The number of benzene rings is 1. The molecule has 7 nitrogen and oxygen atoms in total. The Morgan fingerprint density at radius 2 is 1.62 bits per heavy atom. The van der Waals surface area contributed by atoms with Gasteiger partial charge in [0.2, 0.25) is 15.8 Å². The normalized spacial score (nSPS) is 12.3. The molecule has 26 heavy (non-hydrogen) atoms. The van der Waals surface area contributed by atoms with Gasteiger partial charge in [-0.3, -0.25) is 4.79 Å². The van der Waals surface area contributed by atoms with E-state index in [1.54, 1.807) is 0 Å². The van der Waals surface area contributed by atoms with E-state index in [0.29, 0.717) is 0 Å². The first-order valence-electron chi connectivity index (χ1n) is 7.67. The number of aromatic hydroxyl groups is 1. The number of halogens is 3. The van der Waals surface area contributed by atoms with Crippen LogP contribution in [0.15, 0.2) is 29.2 Å². The van der Waals surface area contributed by atoms with Crippen molar-refractivity contribution >= 4 is 15.8 Å². The number of carbonyl (C=O) groups is 1. The number of nitrogens with one attached hydrogen (secondary N) is 1. The molecule has 1 aromatic carbocycles. The molecule has 0 aliphatic heterocycles. The molecule has 0 saturated carbocycles. The zero-order chi connectivity index (χ0) is 19.6. The van der Waals surface area contributed by atoms with E-state index in [1.807, 2.05) is 0 Å². The Kier molecular flexibility index (Phi) is 8.99. The van der Waals surface area contributed by atoms with Crippen molar-refractivity contribution in [2.45, 2.75) is 23.9 Å². The van der Waals surface area contributed by atoms with E-state index in [-0.39, 0.29) is 50.0 Å². The summed E-state index contributed by atoms with van der Waals surface area (Å²) >= 11 is 0. The number of Topliss-reactive ketones (excluding diaryl/α,β-unsaturated/α-hetero) is 1. The molecule has 0 aliphatic carbocycles. The van der Waals surface area contributed by atoms with Crippen LogP contribution in [-0.4, -0.2) is 58.5 Å². The van der Waals surface area contributed by atoms with Crippen LogP contribution in [0.4, 0.5) is 13.2 Å². The number of hydrogen-bond acceptors (Lipinski definition) is 6. The summed E-state index contributed by atoms with van der Waals surface area (Å²) in [7, 11) is -3.70. The fourth-order valence-corrected chi connectivity index (χ4v) is 2.77. The van der Waals surface area contributed by atoms with Gasteiger partial charge in [0.05, 0.1) is 24.7 Å². The second kappa shape index (κ2) is 10.5. The lowest BCUT2D eigenvalue weighted by atomic mass is 10.2. The van der Waals surface area contributed by atoms with Crippen molar-refractivity contribution in [2.75, 3.05) is 33.0 Å². The molecule has 1 aromatic rings. The standard InChI is InChI=1S/C15H20F3NO6S/c16-15(17,18)14(21)2-1-8-24-10-11-25-9-7-19-26(22,23)13-5-3-12(20)4-6-13/h3-6,19-20H,1-2,7-11H2. The number of sulfonamides is 1. The Bertz CT molecular complexity index is 661. The van der Waals surface area contributed by atoms with E-state index >= 15 is 0 Å². The molecule has 1 rings (SSSR count). The number of carbonyl (C=O) groups excluding carboxylic acids is 1. The summed E-state index contributed by atoms with van der Waals surface area (Å²) in [4.78, 5) is 10.6. The number of phenols is 1. The Balaban J connectivity index is 2.06. The first-order valence-corrected chi connectivity index (χ1v) is 9.15. The maximum absolute atomic E-state index is 11.9. The van der Waals surface area contributed by atoms with Crippen LogP contribution in [0.3, 0.4) is 0 Å². The van der Waals surface area contributed by atoms with Crippen molar-refractivity contribution in [2.24, 2.45) is 0 Å². The molecule has 0 bridgehead atoms. The molecule has 0 radical (unpaired) electrons. The average molecular weight is 399 g/mol. The molecular formula is C15H20F3NO6S. The van der Waals surface area contributed by atoms with Crippen LogP contribution in [0.2, 0.25) is 0 Å². The molecule has 0 spiro atoms. The maximum Gasteiger partial charge on any atom is 0.449 e. The van der Waals surface area contributed by atoms with Gasteiger partial charge in [-0.2, -0.15) is 13.2 Å². The van der Waals surface area contributed by atoms with E-state index in [4.69, 9.17) is 14.6 Å². The Labute approximate surface area is 149 Å². The topological polar surface area (TPSA) is 102 Å². The van der Waals surface area contributed by atoms with Gasteiger partial charge in [0, 0.05) is 19.6 Å². The summed E-state index contributed by atoms with van der Waals surface area (Å²) in [6.45, 7) is 0.342. The number of alkyl halides is 3. The molecule has 148 valence electrons. The second-order valence-corrected chi connectivity index (χ2v) is 6.91. The highest BCUT2D eigenvalue weighted by Gasteiger charge is 2.37. The Morgan fingerprint density at radius 1 is 1.04 bits per heavy atom. The van der Waals surface area contributed by atoms with E-state index in [2.05, 4.69) is 4.72 Å². The first-order chi connectivity index (χ1) is 12.1. The van der Waals surface area contributed by atoms with Crippen molar-refractivity contribution in [1.29, 1.82) is 0 Å². The van der Waals surface area contributed by atoms with Gasteiger partial charge in [-0.25, -0.2) is 13.1 Å². The van der Waals surface area contributed by atoms with Crippen LogP contribution in [0, 0.1) is 0 Å². The van der Waals surface area contributed by atoms with Gasteiger partial charge in [0.15, 0.2) is 0 Å². The molecule has 11 heteroatoms. The Morgan fingerprint density at radius 3 is 2.19 bits per heavy atom. The molecule has 0 aliphatic rings. The SMILES string of the molecule is O=C(CCCOCCOCCNS(=O)(=O)c1ccc(O)cc1)C(F)(F)F. The van der Waals surface area contributed by atoms with Gasteiger partial charge in [-0.05, 0) is 30.7 Å². The second-order valence-electron chi connectivity index (χ2n) is 5.14. The lowest BCUT2D eigenvalue weighted by molar-refractivity contribution is -0.171. The van der Waals surface area contributed by atoms with Gasteiger partial charge < -0.3 is 14.6 Å². The van der Waals surface area contributed by atoms with Crippen LogP contribution in [0.1, 0.15) is 12.8 Å². The highest BCUT2D eigenvalue weighted by atomic mass is 32.2. The molecule has 0 unspecified atom stereocenters. The minimum Gasteiger partial charge on any atom is -0.508 e. The lowest BCUT2D eigenvalue weighted by Crippen LogP contribution is -2.27. The summed E-state index contributed by atoms with van der Waals surface area (Å²) in [6, 6.07) is 5.03. The molecule has 0 amide bonds. The smallest absolute Gasteiger partial charge is 0.449 e. The van der Waals surface area contributed by atoms with Gasteiger partial charge in [-0.15, -0.1) is 0 Å². The summed E-state index contributed by atoms with van der Waals surface area (Å²) in [5.74, 6) is -1.83. The highest BCUT2D eigenvalue weighted by molar-refractivity contribution is 7.89. The predicted molar refractivity (Wildman–Crippen MR) is 85.2 cm³/mol. The number of rotatable bonds is 12. The molecular weight excluding hydrogens is 379 g/mol. The third kappa shape index (κ3) is 8.61. The minimum atomic E-state index is -4.81. The van der Waals surface area contributed by atoms with E-state index in [9.17, 15) is 26.4 Å². The van der Waals surface area contributed by atoms with Gasteiger partial charge in [-0.1, -0.05) is 0 Å². The molecule has 2 N–H and O–H groups in total. The molecule has 0 heterocycles. The number of ether oxygens (including phenoxy) is 2. The van der Waals surface area contributed by atoms with E-state index in [0.717, 1.165) is 0 Å². The van der Waals surface area contributed by atoms with Gasteiger partial charge in [0.25, 0.3) is 0 Å². The molecule has 0 fully saturated rings. The van der Waals surface area contributed by atoms with Crippen molar-refractivity contribution < 1.29 is 41.0 Å². The molecule has 0 atom stereocenters. The first kappa shape index (κ1) is 22.4. The number of phenolic OH excluding ortho intramolecular Hbond substituents is 1. The van der Waals surface area contributed by atoms with Crippen LogP contribution < -0.4 is 4.72 Å².